The van der Waals surface area contributed by atoms with Crippen LogP contribution in [-0.2, 0) is 9.53 Å². The van der Waals surface area contributed by atoms with Crippen molar-refractivity contribution in [3.8, 4) is 0 Å². The molecule has 1 unspecified atom stereocenters. The van der Waals surface area contributed by atoms with Gasteiger partial charge in [0, 0.05) is 10.9 Å². The lowest BCUT2D eigenvalue weighted by molar-refractivity contribution is -0.136. The molecule has 90 valence electrons. The van der Waals surface area contributed by atoms with E-state index >= 15 is 0 Å². The second-order valence-electron chi connectivity index (χ2n) is 3.79. The van der Waals surface area contributed by atoms with Gasteiger partial charge in [-0.25, -0.2) is 4.99 Å². The van der Waals surface area contributed by atoms with Crippen molar-refractivity contribution < 1.29 is 14.6 Å². The minimum Gasteiger partial charge on any atom is -0.481 e. The van der Waals surface area contributed by atoms with E-state index in [2.05, 4.69) is 20.9 Å². The Kier molecular flexibility index (Phi) is 3.78. The third kappa shape index (κ3) is 3.30. The lowest BCUT2D eigenvalue weighted by atomic mass is 10.1. The summed E-state index contributed by atoms with van der Waals surface area (Å²) in [6.45, 7) is 0.497. The quantitative estimate of drug-likeness (QED) is 0.930. The molecule has 1 N–H and O–H groups in total. The van der Waals surface area contributed by atoms with Crippen molar-refractivity contribution in [3.63, 3.8) is 0 Å². The molecular formula is C12H12BrNO3. The fraction of sp³-hybridized carbons (Fsp3) is 0.333. The monoisotopic (exact) mass is 297 g/mol. The normalized spacial score (nSPS) is 18.6. The number of rotatable bonds is 4. The lowest BCUT2D eigenvalue weighted by Crippen LogP contribution is -2.03. The van der Waals surface area contributed by atoms with E-state index in [1.54, 1.807) is 0 Å². The fourth-order valence-electron chi connectivity index (χ4n) is 1.63. The largest absolute Gasteiger partial charge is 0.481 e. The van der Waals surface area contributed by atoms with Crippen LogP contribution >= 0.6 is 15.9 Å². The molecule has 1 aliphatic heterocycles. The van der Waals surface area contributed by atoms with Crippen LogP contribution in [-0.4, -0.2) is 23.6 Å². The molecule has 0 radical (unpaired) electrons. The van der Waals surface area contributed by atoms with Crippen LogP contribution in [0.25, 0.3) is 0 Å². The van der Waals surface area contributed by atoms with E-state index in [-0.39, 0.29) is 12.5 Å². The van der Waals surface area contributed by atoms with Gasteiger partial charge in [-0.15, -0.1) is 0 Å². The number of carboxylic acids is 1. The van der Waals surface area contributed by atoms with E-state index in [0.29, 0.717) is 18.9 Å². The standard InChI is InChI=1S/C12H12BrNO3/c13-9-3-1-8(2-4-9)10-7-17-11(14-10)5-6-12(15)16/h1-4,10H,5-7H2,(H,15,16). The van der Waals surface area contributed by atoms with Gasteiger partial charge in [0.05, 0.1) is 6.42 Å². The number of nitrogens with zero attached hydrogens (tertiary/aromatic N) is 1. The van der Waals surface area contributed by atoms with Gasteiger partial charge < -0.3 is 9.84 Å². The maximum atomic E-state index is 10.4. The van der Waals surface area contributed by atoms with Crippen LogP contribution in [0.2, 0.25) is 0 Å². The molecular weight excluding hydrogens is 286 g/mol. The maximum Gasteiger partial charge on any atom is 0.303 e. The second kappa shape index (κ2) is 5.31. The molecule has 2 rings (SSSR count). The number of aliphatic carboxylic acids is 1. The first-order valence-corrected chi connectivity index (χ1v) is 6.11. The van der Waals surface area contributed by atoms with Gasteiger partial charge in [0.2, 0.25) is 0 Å². The van der Waals surface area contributed by atoms with Crippen molar-refractivity contribution in [2.45, 2.75) is 18.9 Å². The molecule has 1 aromatic rings. The van der Waals surface area contributed by atoms with Crippen LogP contribution in [0.1, 0.15) is 24.4 Å². The SMILES string of the molecule is O=C(O)CCC1=NC(c2ccc(Br)cc2)CO1. The highest BCUT2D eigenvalue weighted by atomic mass is 79.9. The van der Waals surface area contributed by atoms with Crippen molar-refractivity contribution >= 4 is 27.8 Å². The number of carbonyl (C=O) groups is 1. The summed E-state index contributed by atoms with van der Waals surface area (Å²) in [7, 11) is 0. The zero-order valence-electron chi connectivity index (χ0n) is 9.10. The van der Waals surface area contributed by atoms with Crippen LogP contribution in [0.5, 0.6) is 0 Å². The van der Waals surface area contributed by atoms with E-state index in [1.807, 2.05) is 24.3 Å². The maximum absolute atomic E-state index is 10.4. The summed E-state index contributed by atoms with van der Waals surface area (Å²) >= 11 is 3.37. The van der Waals surface area contributed by atoms with Gasteiger partial charge in [0.25, 0.3) is 0 Å². The number of halogens is 1. The Morgan fingerprint density at radius 3 is 2.82 bits per heavy atom. The summed E-state index contributed by atoms with van der Waals surface area (Å²) in [5, 5.41) is 8.57. The van der Waals surface area contributed by atoms with Gasteiger partial charge in [-0.1, -0.05) is 28.1 Å². The molecule has 0 bridgehead atoms. The van der Waals surface area contributed by atoms with Crippen molar-refractivity contribution in [1.29, 1.82) is 0 Å². The molecule has 0 saturated heterocycles. The number of hydrogen-bond donors (Lipinski definition) is 1. The Bertz CT molecular complexity index is 442. The van der Waals surface area contributed by atoms with E-state index in [4.69, 9.17) is 9.84 Å². The van der Waals surface area contributed by atoms with Gasteiger partial charge in [-0.05, 0) is 17.7 Å². The topological polar surface area (TPSA) is 58.9 Å². The highest BCUT2D eigenvalue weighted by molar-refractivity contribution is 9.10. The van der Waals surface area contributed by atoms with Gasteiger partial charge in [0.15, 0.2) is 5.90 Å². The van der Waals surface area contributed by atoms with Crippen molar-refractivity contribution in [2.75, 3.05) is 6.61 Å². The summed E-state index contributed by atoms with van der Waals surface area (Å²) in [6.07, 6.45) is 0.425. The van der Waals surface area contributed by atoms with Crippen LogP contribution in [0.4, 0.5) is 0 Å². The highest BCUT2D eigenvalue weighted by Gasteiger charge is 2.20. The predicted octanol–water partition coefficient (Wildman–Crippen LogP) is 2.78. The molecule has 1 heterocycles. The molecule has 0 saturated carbocycles. The first kappa shape index (κ1) is 12.1. The van der Waals surface area contributed by atoms with Crippen molar-refractivity contribution in [2.24, 2.45) is 4.99 Å². The van der Waals surface area contributed by atoms with Crippen LogP contribution in [0.3, 0.4) is 0 Å². The smallest absolute Gasteiger partial charge is 0.303 e. The van der Waals surface area contributed by atoms with E-state index in [9.17, 15) is 4.79 Å². The molecule has 17 heavy (non-hydrogen) atoms. The average molecular weight is 298 g/mol. The molecule has 4 nitrogen and oxygen atoms in total. The van der Waals surface area contributed by atoms with Crippen molar-refractivity contribution in [3.05, 3.63) is 34.3 Å². The van der Waals surface area contributed by atoms with E-state index in [0.717, 1.165) is 10.0 Å². The summed E-state index contributed by atoms with van der Waals surface area (Å²) in [5.41, 5.74) is 1.08. The van der Waals surface area contributed by atoms with E-state index in [1.165, 1.54) is 0 Å². The molecule has 0 amide bonds. The Balaban J connectivity index is 2.00. The highest BCUT2D eigenvalue weighted by Crippen LogP contribution is 2.25. The van der Waals surface area contributed by atoms with Crippen molar-refractivity contribution in [1.82, 2.24) is 0 Å². The van der Waals surface area contributed by atoms with Gasteiger partial charge >= 0.3 is 5.97 Å². The molecule has 5 heteroatoms. The summed E-state index contributed by atoms with van der Waals surface area (Å²) in [5.74, 6) is -0.288. The number of aliphatic imine (C=N–C) groups is 1. The summed E-state index contributed by atoms with van der Waals surface area (Å²) < 4.78 is 6.40. The molecule has 0 aliphatic carbocycles. The number of ether oxygens (including phenoxy) is 1. The minimum atomic E-state index is -0.830. The predicted molar refractivity (Wildman–Crippen MR) is 67.1 cm³/mol. The van der Waals surface area contributed by atoms with Gasteiger partial charge in [-0.2, -0.15) is 0 Å². The second-order valence-corrected chi connectivity index (χ2v) is 4.71. The molecule has 1 aromatic carbocycles. The minimum absolute atomic E-state index is 0.00750. The molecule has 1 atom stereocenters. The fourth-order valence-corrected chi connectivity index (χ4v) is 1.89. The molecule has 1 aliphatic rings. The number of benzene rings is 1. The Morgan fingerprint density at radius 2 is 2.18 bits per heavy atom. The first-order valence-electron chi connectivity index (χ1n) is 5.32. The molecule has 0 aromatic heterocycles. The van der Waals surface area contributed by atoms with Crippen LogP contribution in [0.15, 0.2) is 33.7 Å². The summed E-state index contributed by atoms with van der Waals surface area (Å²) in [6, 6.07) is 7.89. The Morgan fingerprint density at radius 1 is 1.47 bits per heavy atom. The Labute approximate surface area is 107 Å². The first-order chi connectivity index (χ1) is 8.15. The Hall–Kier alpha value is -1.36. The number of carboxylic acid groups (broad SMARTS) is 1. The zero-order valence-corrected chi connectivity index (χ0v) is 10.7. The average Bonchev–Trinajstić information content (AvgIpc) is 2.76. The number of hydrogen-bond acceptors (Lipinski definition) is 3. The molecule has 0 fully saturated rings. The van der Waals surface area contributed by atoms with E-state index < -0.39 is 5.97 Å². The summed E-state index contributed by atoms with van der Waals surface area (Å²) in [4.78, 5) is 14.8. The zero-order chi connectivity index (χ0) is 12.3. The van der Waals surface area contributed by atoms with Crippen LogP contribution < -0.4 is 0 Å². The van der Waals surface area contributed by atoms with Gasteiger partial charge in [-0.3, -0.25) is 4.79 Å². The van der Waals surface area contributed by atoms with Gasteiger partial charge in [0.1, 0.15) is 12.6 Å². The molecule has 0 spiro atoms. The third-order valence-corrected chi connectivity index (χ3v) is 3.04. The van der Waals surface area contributed by atoms with Crippen LogP contribution in [0, 0.1) is 0 Å². The lowest BCUT2D eigenvalue weighted by Gasteiger charge is -2.04. The third-order valence-electron chi connectivity index (χ3n) is 2.52.